The lowest BCUT2D eigenvalue weighted by Gasteiger charge is -2.32. The summed E-state index contributed by atoms with van der Waals surface area (Å²) in [6, 6.07) is 0. The van der Waals surface area contributed by atoms with Gasteiger partial charge in [-0.15, -0.1) is 11.6 Å². The van der Waals surface area contributed by atoms with Gasteiger partial charge in [-0.05, 0) is 31.4 Å². The SMILES string of the molecule is CCCCCCCCCCCCCCC(C)C(C)(Cl)CC1C=CC=CO1. The van der Waals surface area contributed by atoms with Crippen molar-refractivity contribution in [2.45, 2.75) is 122 Å². The van der Waals surface area contributed by atoms with E-state index in [1.165, 1.54) is 83.5 Å². The van der Waals surface area contributed by atoms with Crippen LogP contribution in [0.1, 0.15) is 111 Å². The lowest BCUT2D eigenvalue weighted by molar-refractivity contribution is 0.149. The Morgan fingerprint density at radius 3 is 1.92 bits per heavy atom. The molecule has 0 amide bonds. The number of allylic oxidation sites excluding steroid dienone is 2. The highest BCUT2D eigenvalue weighted by Crippen LogP contribution is 2.35. The number of unbranched alkanes of at least 4 members (excludes halogenated alkanes) is 11. The Kier molecular flexibility index (Phi) is 13.3. The van der Waals surface area contributed by atoms with Crippen molar-refractivity contribution in [1.82, 2.24) is 0 Å². The minimum atomic E-state index is -0.183. The van der Waals surface area contributed by atoms with Gasteiger partial charge >= 0.3 is 0 Å². The van der Waals surface area contributed by atoms with Crippen molar-refractivity contribution in [1.29, 1.82) is 0 Å². The van der Waals surface area contributed by atoms with Gasteiger partial charge in [-0.3, -0.25) is 0 Å². The average molecular weight is 383 g/mol. The molecule has 2 heteroatoms. The van der Waals surface area contributed by atoms with E-state index in [1.807, 2.05) is 6.08 Å². The summed E-state index contributed by atoms with van der Waals surface area (Å²) in [5.41, 5.74) is 0. The summed E-state index contributed by atoms with van der Waals surface area (Å²) in [7, 11) is 0. The third-order valence-corrected chi connectivity index (χ3v) is 6.41. The summed E-state index contributed by atoms with van der Waals surface area (Å²) < 4.78 is 5.63. The van der Waals surface area contributed by atoms with Gasteiger partial charge in [0.25, 0.3) is 0 Å². The number of ether oxygens (including phenoxy) is 1. The zero-order chi connectivity index (χ0) is 19.1. The molecule has 0 N–H and O–H groups in total. The number of hydrogen-bond acceptors (Lipinski definition) is 1. The largest absolute Gasteiger partial charge is 0.494 e. The Morgan fingerprint density at radius 2 is 1.42 bits per heavy atom. The molecule has 0 saturated carbocycles. The van der Waals surface area contributed by atoms with Gasteiger partial charge in [0, 0.05) is 11.3 Å². The fraction of sp³-hybridized carbons (Fsp3) is 0.833. The molecule has 0 aromatic rings. The topological polar surface area (TPSA) is 9.23 Å². The number of alkyl halides is 1. The van der Waals surface area contributed by atoms with Gasteiger partial charge in [0.1, 0.15) is 6.10 Å². The van der Waals surface area contributed by atoms with Crippen molar-refractivity contribution in [2.24, 2.45) is 5.92 Å². The molecule has 3 unspecified atom stereocenters. The van der Waals surface area contributed by atoms with Crippen LogP contribution in [0.2, 0.25) is 0 Å². The third kappa shape index (κ3) is 11.3. The highest BCUT2D eigenvalue weighted by molar-refractivity contribution is 6.23. The molecule has 1 aliphatic heterocycles. The van der Waals surface area contributed by atoms with E-state index in [4.69, 9.17) is 16.3 Å². The van der Waals surface area contributed by atoms with Crippen molar-refractivity contribution in [3.63, 3.8) is 0 Å². The summed E-state index contributed by atoms with van der Waals surface area (Å²) in [6.07, 6.45) is 27.0. The van der Waals surface area contributed by atoms with E-state index in [0.29, 0.717) is 5.92 Å². The van der Waals surface area contributed by atoms with E-state index in [0.717, 1.165) is 6.42 Å². The summed E-state index contributed by atoms with van der Waals surface area (Å²) in [5, 5.41) is 0. The van der Waals surface area contributed by atoms with E-state index in [-0.39, 0.29) is 11.0 Å². The number of hydrogen-bond donors (Lipinski definition) is 0. The van der Waals surface area contributed by atoms with Crippen molar-refractivity contribution in [2.75, 3.05) is 0 Å². The Labute approximate surface area is 168 Å². The average Bonchev–Trinajstić information content (AvgIpc) is 2.63. The van der Waals surface area contributed by atoms with Crippen LogP contribution in [0.4, 0.5) is 0 Å². The molecule has 0 bridgehead atoms. The standard InChI is InChI=1S/C24H43ClO/c1-4-5-6-7-8-9-10-11-12-13-14-15-18-22(2)24(3,25)21-23-19-16-17-20-26-23/h16-17,19-20,22-23H,4-15,18,21H2,1-3H3. The van der Waals surface area contributed by atoms with Crippen molar-refractivity contribution < 1.29 is 4.74 Å². The Hall–Kier alpha value is -0.430. The van der Waals surface area contributed by atoms with Gasteiger partial charge < -0.3 is 4.74 Å². The molecule has 0 saturated heterocycles. The highest BCUT2D eigenvalue weighted by atomic mass is 35.5. The lowest BCUT2D eigenvalue weighted by atomic mass is 9.85. The minimum Gasteiger partial charge on any atom is -0.494 e. The molecule has 0 aromatic carbocycles. The van der Waals surface area contributed by atoms with Crippen LogP contribution in [0.25, 0.3) is 0 Å². The van der Waals surface area contributed by atoms with E-state index < -0.39 is 0 Å². The van der Waals surface area contributed by atoms with Gasteiger partial charge in [-0.2, -0.15) is 0 Å². The molecule has 1 rings (SSSR count). The fourth-order valence-electron chi connectivity index (χ4n) is 3.73. The van der Waals surface area contributed by atoms with Crippen LogP contribution < -0.4 is 0 Å². The predicted octanol–water partition coefficient (Wildman–Crippen LogP) is 8.57. The van der Waals surface area contributed by atoms with Crippen LogP contribution in [-0.2, 0) is 4.74 Å². The molecule has 0 aliphatic carbocycles. The van der Waals surface area contributed by atoms with E-state index in [2.05, 4.69) is 32.9 Å². The number of rotatable bonds is 16. The molecule has 152 valence electrons. The van der Waals surface area contributed by atoms with Gasteiger partial charge in [0.05, 0.1) is 6.26 Å². The van der Waals surface area contributed by atoms with Crippen LogP contribution in [-0.4, -0.2) is 11.0 Å². The normalized spacial score (nSPS) is 19.9. The zero-order valence-electron chi connectivity index (χ0n) is 17.6. The fourth-order valence-corrected chi connectivity index (χ4v) is 3.99. The van der Waals surface area contributed by atoms with E-state index >= 15 is 0 Å². The second kappa shape index (κ2) is 14.6. The van der Waals surface area contributed by atoms with Crippen molar-refractivity contribution in [3.05, 3.63) is 24.5 Å². The van der Waals surface area contributed by atoms with Crippen LogP contribution in [0.3, 0.4) is 0 Å². The van der Waals surface area contributed by atoms with Crippen LogP contribution in [0.5, 0.6) is 0 Å². The minimum absolute atomic E-state index is 0.131. The maximum atomic E-state index is 6.82. The molecule has 26 heavy (non-hydrogen) atoms. The highest BCUT2D eigenvalue weighted by Gasteiger charge is 2.31. The molecule has 0 fully saturated rings. The zero-order valence-corrected chi connectivity index (χ0v) is 18.4. The first-order valence-corrected chi connectivity index (χ1v) is 11.6. The Morgan fingerprint density at radius 1 is 0.885 bits per heavy atom. The van der Waals surface area contributed by atoms with Gasteiger partial charge in [-0.25, -0.2) is 0 Å². The maximum absolute atomic E-state index is 6.82. The molecule has 1 aliphatic rings. The first-order chi connectivity index (χ1) is 12.6. The molecule has 0 spiro atoms. The van der Waals surface area contributed by atoms with Crippen molar-refractivity contribution in [3.8, 4) is 0 Å². The Balaban J connectivity index is 1.96. The summed E-state index contributed by atoms with van der Waals surface area (Å²) in [4.78, 5) is -0.183. The van der Waals surface area contributed by atoms with Gasteiger partial charge in [0.15, 0.2) is 0 Å². The van der Waals surface area contributed by atoms with E-state index in [1.54, 1.807) is 6.26 Å². The summed E-state index contributed by atoms with van der Waals surface area (Å²) in [5.74, 6) is 0.523. The van der Waals surface area contributed by atoms with E-state index in [9.17, 15) is 0 Å². The van der Waals surface area contributed by atoms with Crippen molar-refractivity contribution >= 4 is 11.6 Å². The van der Waals surface area contributed by atoms with Gasteiger partial charge in [0.2, 0.25) is 0 Å². The lowest BCUT2D eigenvalue weighted by Crippen LogP contribution is -2.31. The quantitative estimate of drug-likeness (QED) is 0.192. The molecule has 1 heterocycles. The maximum Gasteiger partial charge on any atom is 0.118 e. The van der Waals surface area contributed by atoms with Gasteiger partial charge in [-0.1, -0.05) is 97.0 Å². The second-order valence-electron chi connectivity index (χ2n) is 8.45. The molecule has 3 atom stereocenters. The molecular formula is C24H43ClO. The van der Waals surface area contributed by atoms with Crippen LogP contribution >= 0.6 is 11.6 Å². The monoisotopic (exact) mass is 382 g/mol. The third-order valence-electron chi connectivity index (χ3n) is 5.89. The summed E-state index contributed by atoms with van der Waals surface area (Å²) in [6.45, 7) is 6.76. The predicted molar refractivity (Wildman–Crippen MR) is 117 cm³/mol. The Bertz CT molecular complexity index is 386. The molecule has 0 aromatic heterocycles. The second-order valence-corrected chi connectivity index (χ2v) is 9.31. The summed E-state index contributed by atoms with van der Waals surface area (Å²) >= 11 is 6.82. The number of halogens is 1. The molecule has 1 nitrogen and oxygen atoms in total. The van der Waals surface area contributed by atoms with Crippen LogP contribution in [0, 0.1) is 5.92 Å². The first kappa shape index (κ1) is 23.6. The molecule has 0 radical (unpaired) electrons. The van der Waals surface area contributed by atoms with Crippen LogP contribution in [0.15, 0.2) is 24.5 Å². The first-order valence-electron chi connectivity index (χ1n) is 11.2. The smallest absolute Gasteiger partial charge is 0.118 e. The molecular weight excluding hydrogens is 340 g/mol.